The fourth-order valence-corrected chi connectivity index (χ4v) is 4.58. The molecule has 0 unspecified atom stereocenters. The fraction of sp³-hybridized carbons (Fsp3) is 0.500. The maximum absolute atomic E-state index is 11.8. The maximum atomic E-state index is 11.8. The monoisotopic (exact) mass is 1130 g/mol. The van der Waals surface area contributed by atoms with Crippen LogP contribution in [0, 0.1) is 74.8 Å². The molecule has 1 N–H and O–H groups in total. The van der Waals surface area contributed by atoms with Gasteiger partial charge in [0.1, 0.15) is 0 Å². The van der Waals surface area contributed by atoms with E-state index in [4.69, 9.17) is 11.1 Å². The van der Waals surface area contributed by atoms with E-state index in [0.717, 1.165) is 0 Å². The molecule has 0 aliphatic heterocycles. The Morgan fingerprint density at radius 2 is 0.641 bits per heavy atom. The Hall–Kier alpha value is -4.58. The Bertz CT molecular complexity index is 1770. The van der Waals surface area contributed by atoms with Crippen LogP contribution in [0.2, 0.25) is 0 Å². The Kier molecular flexibility index (Phi) is 24.0. The van der Waals surface area contributed by atoms with Crippen molar-refractivity contribution in [2.45, 2.75) is 106 Å². The first-order valence-corrected chi connectivity index (χ1v) is 16.1. The molecule has 5 aromatic rings. The van der Waals surface area contributed by atoms with Crippen LogP contribution in [-0.4, -0.2) is 30.7 Å². The van der Waals surface area contributed by atoms with Gasteiger partial charge in [0.05, 0.1) is 11.4 Å². The van der Waals surface area contributed by atoms with Crippen LogP contribution >= 0.6 is 0 Å². The topological polar surface area (TPSA) is 180 Å². The number of rotatable bonds is 0. The van der Waals surface area contributed by atoms with Crippen LogP contribution < -0.4 is 15.5 Å². The standard InChI is InChI=1S/2C10H15.3C4F6N3.HN3.2Rh/c2*1-6-7(2)9(4)10(5)8(6)3;3*5-3(6,7)1-2(4(8,9)10)12-13-11-1;1-3-2;;/h2*1-5H3;;;;1H;;/q5*-1;;;. The Morgan fingerprint density at radius 3 is 0.766 bits per heavy atom. The minimum atomic E-state index is -5.19. The summed E-state index contributed by atoms with van der Waals surface area (Å²) in [4.78, 5) is 1.75. The van der Waals surface area contributed by atoms with Crippen LogP contribution in [-0.2, 0) is 76.0 Å². The molecule has 0 fully saturated rings. The molecule has 0 amide bonds. The number of hydrogen-bond acceptors (Lipinski definition) is 7. The molecule has 0 aliphatic rings. The number of nitrogens with zero attached hydrogens (tertiary/aromatic N) is 11. The Labute approximate surface area is 375 Å². The van der Waals surface area contributed by atoms with Crippen LogP contribution in [0.25, 0.3) is 10.4 Å². The third kappa shape index (κ3) is 17.8. The van der Waals surface area contributed by atoms with E-state index in [2.05, 4.69) is 115 Å². The van der Waals surface area contributed by atoms with E-state index in [1.165, 1.54) is 55.6 Å². The van der Waals surface area contributed by atoms with Crippen LogP contribution in [0.3, 0.4) is 0 Å². The van der Waals surface area contributed by atoms with Crippen molar-refractivity contribution < 1.29 is 118 Å². The second kappa shape index (κ2) is 24.1. The molecule has 2 radical (unpaired) electrons. The zero-order valence-corrected chi connectivity index (χ0v) is 37.2. The van der Waals surface area contributed by atoms with Gasteiger partial charge in [-0.25, -0.2) is 0 Å². The van der Waals surface area contributed by atoms with Gasteiger partial charge < -0.3 is 41.0 Å². The molecule has 0 aliphatic carbocycles. The Balaban J connectivity index is -0.000000712. The second-order valence-corrected chi connectivity index (χ2v) is 12.3. The smallest absolute Gasteiger partial charge is 0.433 e. The van der Waals surface area contributed by atoms with Crippen LogP contribution in [0.15, 0.2) is 0 Å². The summed E-state index contributed by atoms with van der Waals surface area (Å²) in [7, 11) is 0. The van der Waals surface area contributed by atoms with Crippen molar-refractivity contribution in [3.8, 4) is 0 Å². The molecule has 2 aromatic carbocycles. The van der Waals surface area contributed by atoms with Gasteiger partial charge in [0, 0.05) is 39.0 Å². The molecule has 0 spiro atoms. The third-order valence-corrected chi connectivity index (χ3v) is 8.78. The van der Waals surface area contributed by atoms with Crippen molar-refractivity contribution in [3.63, 3.8) is 0 Å². The third-order valence-electron chi connectivity index (χ3n) is 8.78. The summed E-state index contributed by atoms with van der Waals surface area (Å²) >= 11 is 0. The van der Waals surface area contributed by atoms with Crippen molar-refractivity contribution >= 4 is 0 Å². The zero-order chi connectivity index (χ0) is 49.3. The maximum Gasteiger partial charge on any atom is 0.433 e. The average molecular weight is 1130 g/mol. The van der Waals surface area contributed by atoms with E-state index < -0.39 is 71.2 Å². The van der Waals surface area contributed by atoms with Gasteiger partial charge in [0.15, 0.2) is 22.8 Å². The summed E-state index contributed by atoms with van der Waals surface area (Å²) in [6, 6.07) is 0. The zero-order valence-electron chi connectivity index (χ0n) is 33.9. The molecule has 0 atom stereocenters. The minimum Gasteiger partial charge on any atom is -0.492 e. The van der Waals surface area contributed by atoms with Gasteiger partial charge in [-0.15, -0.1) is 5.53 Å². The summed E-state index contributed by atoms with van der Waals surface area (Å²) in [6.07, 6.45) is -31.1. The van der Waals surface area contributed by atoms with Crippen molar-refractivity contribution in [2.24, 2.45) is 0 Å². The average Bonchev–Trinajstić information content (AvgIpc) is 3.95. The van der Waals surface area contributed by atoms with Gasteiger partial charge in [-0.05, 0) is 10.4 Å². The molecule has 64 heavy (non-hydrogen) atoms. The fourth-order valence-electron chi connectivity index (χ4n) is 4.58. The predicted octanol–water partition coefficient (Wildman–Crippen LogP) is 11.2. The minimum absolute atomic E-state index is 0. The number of halogens is 18. The SMILES string of the molecule is Cc1c(C)c(C)[c-](C)c1C.Cc1c(C)c(C)[c-](C)c1C.FC(F)(F)c1n[n-]nc1C(F)(F)F.FC(F)(F)c1n[n-]nc1C(F)(F)F.FC(F)(F)c1nn[n-]c1C(F)(F)F.[N-]=[N+]=N.[Rh].[Rh]. The predicted molar refractivity (Wildman–Crippen MR) is 177 cm³/mol. The molecule has 32 heteroatoms. The summed E-state index contributed by atoms with van der Waals surface area (Å²) < 4.78 is 212. The molecule has 0 bridgehead atoms. The van der Waals surface area contributed by atoms with E-state index in [1.807, 2.05) is 0 Å². The molecule has 3 heterocycles. The molecule has 0 saturated carbocycles. The van der Waals surface area contributed by atoms with E-state index in [0.29, 0.717) is 0 Å². The molecule has 368 valence electrons. The first-order valence-electron chi connectivity index (χ1n) is 16.1. The normalized spacial score (nSPS) is 11.6. The molecule has 3 aromatic heterocycles. The van der Waals surface area contributed by atoms with Gasteiger partial charge in [-0.2, -0.15) is 135 Å². The molecular formula is C32H31F18N12Rh2-5. The number of aromatic nitrogens is 9. The number of alkyl halides is 18. The van der Waals surface area contributed by atoms with Crippen molar-refractivity contribution in [1.29, 1.82) is 5.53 Å². The van der Waals surface area contributed by atoms with Crippen LogP contribution in [0.1, 0.15) is 89.8 Å². The molecular weight excluding hydrogens is 1100 g/mol. The summed E-state index contributed by atoms with van der Waals surface area (Å²) in [5.74, 6) is 0. The summed E-state index contributed by atoms with van der Waals surface area (Å²) in [5.41, 5.74) is 14.3. The van der Waals surface area contributed by atoms with Gasteiger partial charge in [-0.1, -0.05) is 69.2 Å². The largest absolute Gasteiger partial charge is 0.492 e. The van der Waals surface area contributed by atoms with Gasteiger partial charge in [-0.3, -0.25) is 5.21 Å². The summed E-state index contributed by atoms with van der Waals surface area (Å²) in [5, 5.41) is 20.4. The quantitative estimate of drug-likeness (QED) is 0.0394. The van der Waals surface area contributed by atoms with E-state index in [1.54, 1.807) is 4.91 Å². The first-order chi connectivity index (χ1) is 27.7. The van der Waals surface area contributed by atoms with Crippen molar-refractivity contribution in [3.05, 3.63) is 100 Å². The first kappa shape index (κ1) is 63.7. The van der Waals surface area contributed by atoms with Gasteiger partial charge >= 0.3 is 37.1 Å². The van der Waals surface area contributed by atoms with E-state index >= 15 is 0 Å². The number of hydrogen-bond donors (Lipinski definition) is 1. The van der Waals surface area contributed by atoms with Crippen LogP contribution in [0.4, 0.5) is 79.0 Å². The molecule has 5 rings (SSSR count). The van der Waals surface area contributed by atoms with E-state index in [-0.39, 0.29) is 39.0 Å². The van der Waals surface area contributed by atoms with Crippen molar-refractivity contribution in [1.82, 2.24) is 46.2 Å². The molecule has 12 nitrogen and oxygen atoms in total. The van der Waals surface area contributed by atoms with Crippen molar-refractivity contribution in [2.75, 3.05) is 0 Å². The molecule has 0 saturated heterocycles. The second-order valence-electron chi connectivity index (χ2n) is 12.3. The van der Waals surface area contributed by atoms with Gasteiger partial charge in [0.25, 0.3) is 0 Å². The summed E-state index contributed by atoms with van der Waals surface area (Å²) in [6.45, 7) is 22.0. The van der Waals surface area contributed by atoms with E-state index in [9.17, 15) is 79.0 Å². The van der Waals surface area contributed by atoms with Gasteiger partial charge in [0.2, 0.25) is 0 Å². The van der Waals surface area contributed by atoms with Crippen LogP contribution in [0.5, 0.6) is 0 Å². The Morgan fingerprint density at radius 1 is 0.438 bits per heavy atom. The number of nitrogens with one attached hydrogen (secondary N) is 1.